The first-order chi connectivity index (χ1) is 14.5. The molecule has 0 saturated carbocycles. The second-order valence-corrected chi connectivity index (χ2v) is 7.26. The molecule has 0 unspecified atom stereocenters. The van der Waals surface area contributed by atoms with Crippen LogP contribution in [0.15, 0.2) is 48.8 Å². The monoisotopic (exact) mass is 447 g/mol. The summed E-state index contributed by atoms with van der Waals surface area (Å²) in [6.07, 6.45) is 7.44. The molecule has 2 aromatic heterocycles. The van der Waals surface area contributed by atoms with Crippen LogP contribution in [-0.4, -0.2) is 57.5 Å². The smallest absolute Gasteiger partial charge is 0.196 e. The molecule has 0 radical (unpaired) electrons. The van der Waals surface area contributed by atoms with Crippen molar-refractivity contribution < 1.29 is 13.9 Å². The van der Waals surface area contributed by atoms with Gasteiger partial charge in [-0.25, -0.2) is 18.4 Å². The van der Waals surface area contributed by atoms with Crippen LogP contribution in [0.4, 0.5) is 14.5 Å². The predicted octanol–water partition coefficient (Wildman–Crippen LogP) is 3.82. The van der Waals surface area contributed by atoms with Gasteiger partial charge in [-0.05, 0) is 31.2 Å². The van der Waals surface area contributed by atoms with Crippen LogP contribution in [-0.2, 0) is 0 Å². The zero-order valence-corrected chi connectivity index (χ0v) is 17.9. The normalized spacial score (nSPS) is 14.7. The van der Waals surface area contributed by atoms with Gasteiger partial charge in [-0.1, -0.05) is 12.2 Å². The lowest BCUT2D eigenvalue weighted by molar-refractivity contribution is 0.284. The molecule has 1 aliphatic rings. The molecule has 1 aliphatic heterocycles. The summed E-state index contributed by atoms with van der Waals surface area (Å²) in [5.74, 6) is -0.620. The van der Waals surface area contributed by atoms with Crippen LogP contribution in [0.3, 0.4) is 0 Å². The Bertz CT molecular complexity index is 1040. The quantitative estimate of drug-likeness (QED) is 0.644. The number of nitrogens with zero attached hydrogens (tertiary/aromatic N) is 5. The third-order valence-electron chi connectivity index (χ3n) is 5.26. The van der Waals surface area contributed by atoms with E-state index in [4.69, 9.17) is 0 Å². The standard InChI is InChI=1S/C22H23F2N5O.ClH/c1-16-17(15-26-29(16)22-21(30)5-2-6-25-22)4-3-7-27-8-10-28(11-9-27)20-13-18(23)12-19(24)14-20;/h2-6,12-15,30H,7-11H2,1H3;1H. The molecule has 0 spiro atoms. The Morgan fingerprint density at radius 1 is 1.10 bits per heavy atom. The van der Waals surface area contributed by atoms with Crippen LogP contribution in [0.5, 0.6) is 5.75 Å². The number of benzene rings is 1. The maximum Gasteiger partial charge on any atom is 0.196 e. The zero-order valence-electron chi connectivity index (χ0n) is 17.1. The predicted molar refractivity (Wildman–Crippen MR) is 119 cm³/mol. The van der Waals surface area contributed by atoms with Crippen molar-refractivity contribution in [1.82, 2.24) is 19.7 Å². The third-order valence-corrected chi connectivity index (χ3v) is 5.26. The summed E-state index contributed by atoms with van der Waals surface area (Å²) >= 11 is 0. The maximum atomic E-state index is 13.4. The van der Waals surface area contributed by atoms with Crippen molar-refractivity contribution in [2.24, 2.45) is 0 Å². The number of anilines is 1. The van der Waals surface area contributed by atoms with Gasteiger partial charge < -0.3 is 10.0 Å². The first-order valence-electron chi connectivity index (χ1n) is 9.80. The molecule has 4 rings (SSSR count). The number of rotatable bonds is 5. The molecule has 1 saturated heterocycles. The first kappa shape index (κ1) is 22.7. The highest BCUT2D eigenvalue weighted by Crippen LogP contribution is 2.22. The van der Waals surface area contributed by atoms with Crippen molar-refractivity contribution in [2.45, 2.75) is 6.92 Å². The highest BCUT2D eigenvalue weighted by molar-refractivity contribution is 5.85. The highest BCUT2D eigenvalue weighted by atomic mass is 35.5. The average Bonchev–Trinajstić information content (AvgIpc) is 3.08. The van der Waals surface area contributed by atoms with Crippen molar-refractivity contribution in [2.75, 3.05) is 37.6 Å². The number of hydrogen-bond acceptors (Lipinski definition) is 5. The summed E-state index contributed by atoms with van der Waals surface area (Å²) in [4.78, 5) is 8.47. The fraction of sp³-hybridized carbons (Fsp3) is 0.273. The van der Waals surface area contributed by atoms with E-state index in [0.29, 0.717) is 24.6 Å². The van der Waals surface area contributed by atoms with Crippen LogP contribution in [0.1, 0.15) is 11.3 Å². The second kappa shape index (κ2) is 9.89. The second-order valence-electron chi connectivity index (χ2n) is 7.26. The molecule has 31 heavy (non-hydrogen) atoms. The van der Waals surface area contributed by atoms with Crippen molar-refractivity contribution in [3.63, 3.8) is 0 Å². The summed E-state index contributed by atoms with van der Waals surface area (Å²) in [7, 11) is 0. The lowest BCUT2D eigenvalue weighted by atomic mass is 10.2. The fourth-order valence-corrected chi connectivity index (χ4v) is 3.59. The molecule has 0 aliphatic carbocycles. The Kier molecular flexibility index (Phi) is 7.25. The van der Waals surface area contributed by atoms with E-state index < -0.39 is 11.6 Å². The van der Waals surface area contributed by atoms with Gasteiger partial charge in [0.05, 0.1) is 11.9 Å². The molecule has 3 aromatic rings. The van der Waals surface area contributed by atoms with Gasteiger partial charge in [-0.15, -0.1) is 12.4 Å². The van der Waals surface area contributed by atoms with Gasteiger partial charge in [0.25, 0.3) is 0 Å². The number of aromatic hydroxyl groups is 1. The number of aromatic nitrogens is 3. The van der Waals surface area contributed by atoms with Gasteiger partial charge in [0, 0.05) is 56.2 Å². The summed E-state index contributed by atoms with van der Waals surface area (Å²) in [5.41, 5.74) is 2.43. The molecule has 0 bridgehead atoms. The topological polar surface area (TPSA) is 57.4 Å². The van der Waals surface area contributed by atoms with Crippen molar-refractivity contribution in [1.29, 1.82) is 0 Å². The van der Waals surface area contributed by atoms with E-state index in [1.54, 1.807) is 29.2 Å². The van der Waals surface area contributed by atoms with Crippen LogP contribution in [0.25, 0.3) is 11.9 Å². The summed E-state index contributed by atoms with van der Waals surface area (Å²) in [6, 6.07) is 6.89. The molecule has 1 aromatic carbocycles. The molecule has 164 valence electrons. The van der Waals surface area contributed by atoms with Crippen LogP contribution in [0, 0.1) is 18.6 Å². The minimum atomic E-state index is -0.551. The Balaban J connectivity index is 0.00000272. The minimum absolute atomic E-state index is 0. The largest absolute Gasteiger partial charge is 0.504 e. The Labute approximate surface area is 185 Å². The highest BCUT2D eigenvalue weighted by Gasteiger charge is 2.17. The molecular formula is C22H24ClF2N5O. The Morgan fingerprint density at radius 2 is 1.81 bits per heavy atom. The van der Waals surface area contributed by atoms with E-state index in [9.17, 15) is 13.9 Å². The molecule has 9 heteroatoms. The van der Waals surface area contributed by atoms with Gasteiger partial charge >= 0.3 is 0 Å². The van der Waals surface area contributed by atoms with E-state index in [-0.39, 0.29) is 18.2 Å². The summed E-state index contributed by atoms with van der Waals surface area (Å²) in [6.45, 7) is 5.74. The number of halogens is 3. The molecule has 3 heterocycles. The van der Waals surface area contributed by atoms with Gasteiger partial charge in [0.2, 0.25) is 0 Å². The lowest BCUT2D eigenvalue weighted by Gasteiger charge is -2.35. The van der Waals surface area contributed by atoms with E-state index in [1.807, 2.05) is 17.9 Å². The van der Waals surface area contributed by atoms with E-state index >= 15 is 0 Å². The Morgan fingerprint density at radius 3 is 2.48 bits per heavy atom. The first-order valence-corrected chi connectivity index (χ1v) is 9.80. The van der Waals surface area contributed by atoms with Crippen LogP contribution >= 0.6 is 12.4 Å². The van der Waals surface area contributed by atoms with Crippen LogP contribution < -0.4 is 4.90 Å². The zero-order chi connectivity index (χ0) is 21.1. The SMILES string of the molecule is Cc1c(C=CCN2CCN(c3cc(F)cc(F)c3)CC2)cnn1-c1ncccc1O.Cl. The summed E-state index contributed by atoms with van der Waals surface area (Å²) in [5, 5.41) is 14.3. The lowest BCUT2D eigenvalue weighted by Crippen LogP contribution is -2.46. The van der Waals surface area contributed by atoms with E-state index in [0.717, 1.165) is 37.0 Å². The average molecular weight is 448 g/mol. The van der Waals surface area contributed by atoms with Crippen LogP contribution in [0.2, 0.25) is 0 Å². The number of pyridine rings is 1. The van der Waals surface area contributed by atoms with E-state index in [2.05, 4.69) is 21.1 Å². The molecule has 1 N–H and O–H groups in total. The molecular weight excluding hydrogens is 424 g/mol. The van der Waals surface area contributed by atoms with Crippen molar-refractivity contribution in [3.8, 4) is 11.6 Å². The van der Waals surface area contributed by atoms with Gasteiger partial charge in [-0.2, -0.15) is 5.10 Å². The van der Waals surface area contributed by atoms with Gasteiger partial charge in [0.1, 0.15) is 11.6 Å². The molecule has 0 amide bonds. The van der Waals surface area contributed by atoms with E-state index in [1.165, 1.54) is 12.1 Å². The fourth-order valence-electron chi connectivity index (χ4n) is 3.59. The summed E-state index contributed by atoms with van der Waals surface area (Å²) < 4.78 is 28.5. The minimum Gasteiger partial charge on any atom is -0.504 e. The number of hydrogen-bond donors (Lipinski definition) is 1. The van der Waals surface area contributed by atoms with Gasteiger partial charge in [-0.3, -0.25) is 4.90 Å². The molecule has 6 nitrogen and oxygen atoms in total. The van der Waals surface area contributed by atoms with Crippen molar-refractivity contribution in [3.05, 3.63) is 71.7 Å². The Hall–Kier alpha value is -2.97. The molecule has 0 atom stereocenters. The maximum absolute atomic E-state index is 13.4. The van der Waals surface area contributed by atoms with Gasteiger partial charge in [0.15, 0.2) is 11.6 Å². The molecule has 1 fully saturated rings. The number of piperazine rings is 1. The van der Waals surface area contributed by atoms with Crippen molar-refractivity contribution >= 4 is 24.2 Å². The third kappa shape index (κ3) is 5.21.